The number of carbonyl (C=O) groups excluding carboxylic acids is 1. The molecule has 0 aliphatic carbocycles. The molecule has 1 heterocycles. The Kier molecular flexibility index (Phi) is 8.03. The fraction of sp³-hybridized carbons (Fsp3) is 0.611. The molecule has 0 atom stereocenters. The Morgan fingerprint density at radius 1 is 1.26 bits per heavy atom. The molecule has 23 heavy (non-hydrogen) atoms. The lowest BCUT2D eigenvalue weighted by Gasteiger charge is -2.35. The van der Waals surface area contributed by atoms with Gasteiger partial charge in [-0.25, -0.2) is 0 Å². The van der Waals surface area contributed by atoms with Gasteiger partial charge in [0.2, 0.25) is 5.91 Å². The second-order valence-electron chi connectivity index (χ2n) is 6.54. The van der Waals surface area contributed by atoms with E-state index in [-0.39, 0.29) is 23.7 Å². The largest absolute Gasteiger partial charge is 0.384 e. The van der Waals surface area contributed by atoms with E-state index in [9.17, 15) is 4.79 Å². The van der Waals surface area contributed by atoms with E-state index in [1.54, 1.807) is 7.11 Å². The molecule has 0 unspecified atom stereocenters. The van der Waals surface area contributed by atoms with Gasteiger partial charge in [-0.05, 0) is 43.0 Å². The molecule has 130 valence electrons. The number of halogens is 1. The minimum absolute atomic E-state index is 0. The normalized spacial score (nSPS) is 16.7. The summed E-state index contributed by atoms with van der Waals surface area (Å²) >= 11 is 0. The number of benzene rings is 1. The van der Waals surface area contributed by atoms with Crippen molar-refractivity contribution in [3.63, 3.8) is 0 Å². The number of methoxy groups -OCH3 is 1. The van der Waals surface area contributed by atoms with Gasteiger partial charge in [0.05, 0.1) is 12.0 Å². The van der Waals surface area contributed by atoms with Gasteiger partial charge in [-0.1, -0.05) is 38.1 Å². The summed E-state index contributed by atoms with van der Waals surface area (Å²) in [7, 11) is 1.67. The van der Waals surface area contributed by atoms with Crippen LogP contribution in [0.15, 0.2) is 24.3 Å². The van der Waals surface area contributed by atoms with Crippen molar-refractivity contribution >= 4 is 18.3 Å². The highest BCUT2D eigenvalue weighted by Crippen LogP contribution is 2.29. The molecule has 0 aromatic heterocycles. The third kappa shape index (κ3) is 5.20. The molecule has 2 N–H and O–H groups in total. The molecule has 0 radical (unpaired) electrons. The molecule has 2 rings (SSSR count). The molecular formula is C18H29ClN2O2. The Balaban J connectivity index is 0.00000264. The van der Waals surface area contributed by atoms with Crippen molar-refractivity contribution in [1.29, 1.82) is 0 Å². The van der Waals surface area contributed by atoms with E-state index in [0.29, 0.717) is 19.1 Å². The molecule has 1 aliphatic rings. The topological polar surface area (TPSA) is 50.4 Å². The quantitative estimate of drug-likeness (QED) is 0.837. The summed E-state index contributed by atoms with van der Waals surface area (Å²) < 4.78 is 5.31. The highest BCUT2D eigenvalue weighted by Gasteiger charge is 2.39. The van der Waals surface area contributed by atoms with Crippen molar-refractivity contribution in [2.24, 2.45) is 5.41 Å². The molecule has 0 saturated carbocycles. The summed E-state index contributed by atoms with van der Waals surface area (Å²) in [4.78, 5) is 12.6. The Hall–Kier alpha value is -1.10. The zero-order valence-corrected chi connectivity index (χ0v) is 15.2. The van der Waals surface area contributed by atoms with Crippen LogP contribution in [0.5, 0.6) is 0 Å². The second-order valence-corrected chi connectivity index (χ2v) is 6.54. The predicted molar refractivity (Wildman–Crippen MR) is 96.0 cm³/mol. The van der Waals surface area contributed by atoms with E-state index in [0.717, 1.165) is 31.5 Å². The highest BCUT2D eigenvalue weighted by molar-refractivity contribution is 5.85. The van der Waals surface area contributed by atoms with Crippen LogP contribution in [0, 0.1) is 5.41 Å². The molecule has 1 aromatic carbocycles. The van der Waals surface area contributed by atoms with Gasteiger partial charge in [0.25, 0.3) is 0 Å². The maximum atomic E-state index is 12.6. The van der Waals surface area contributed by atoms with Crippen LogP contribution in [-0.4, -0.2) is 32.7 Å². The Bertz CT molecular complexity index is 477. The number of rotatable bonds is 6. The average molecular weight is 341 g/mol. The number of piperidine rings is 1. The van der Waals surface area contributed by atoms with Crippen LogP contribution in [0.3, 0.4) is 0 Å². The number of carbonyl (C=O) groups is 1. The number of nitrogens with one attached hydrogen (secondary N) is 2. The van der Waals surface area contributed by atoms with E-state index in [4.69, 9.17) is 4.74 Å². The van der Waals surface area contributed by atoms with Gasteiger partial charge >= 0.3 is 0 Å². The zero-order valence-electron chi connectivity index (χ0n) is 14.4. The molecule has 0 bridgehead atoms. The van der Waals surface area contributed by atoms with Gasteiger partial charge in [-0.2, -0.15) is 0 Å². The Morgan fingerprint density at radius 2 is 1.87 bits per heavy atom. The highest BCUT2D eigenvalue weighted by atomic mass is 35.5. The second kappa shape index (κ2) is 9.26. The van der Waals surface area contributed by atoms with Gasteiger partial charge in [-0.3, -0.25) is 4.79 Å². The van der Waals surface area contributed by atoms with Crippen LogP contribution in [0.4, 0.5) is 0 Å². The average Bonchev–Trinajstić information content (AvgIpc) is 2.54. The fourth-order valence-electron chi connectivity index (χ4n) is 3.01. The van der Waals surface area contributed by atoms with Gasteiger partial charge < -0.3 is 15.4 Å². The van der Waals surface area contributed by atoms with E-state index in [2.05, 4.69) is 48.7 Å². The molecule has 1 aliphatic heterocycles. The maximum absolute atomic E-state index is 12.6. The summed E-state index contributed by atoms with van der Waals surface area (Å²) in [5, 5.41) is 6.40. The summed E-state index contributed by atoms with van der Waals surface area (Å²) in [6, 6.07) is 8.48. The lowest BCUT2D eigenvalue weighted by atomic mass is 9.78. The molecule has 5 heteroatoms. The maximum Gasteiger partial charge on any atom is 0.228 e. The first-order valence-corrected chi connectivity index (χ1v) is 8.14. The van der Waals surface area contributed by atoms with Crippen molar-refractivity contribution in [1.82, 2.24) is 10.6 Å². The summed E-state index contributed by atoms with van der Waals surface area (Å²) in [6.45, 7) is 7.19. The molecule has 1 aromatic rings. The van der Waals surface area contributed by atoms with Crippen molar-refractivity contribution in [2.45, 2.75) is 39.2 Å². The van der Waals surface area contributed by atoms with Crippen LogP contribution < -0.4 is 10.6 Å². The standard InChI is InChI=1S/C18H28N2O2.ClH/c1-14(2)16-6-4-15(5-7-16)12-20-17(21)18(13-22-3)8-10-19-11-9-18;/h4-7,14,19H,8-13H2,1-3H3,(H,20,21);1H. The predicted octanol–water partition coefficient (Wildman–Crippen LogP) is 2.86. The summed E-state index contributed by atoms with van der Waals surface area (Å²) in [6.07, 6.45) is 1.66. The van der Waals surface area contributed by atoms with Crippen molar-refractivity contribution in [3.8, 4) is 0 Å². The zero-order chi connectivity index (χ0) is 16.0. The van der Waals surface area contributed by atoms with Gasteiger partial charge in [0, 0.05) is 13.7 Å². The summed E-state index contributed by atoms with van der Waals surface area (Å²) in [5.41, 5.74) is 2.08. The first kappa shape index (κ1) is 19.9. The van der Waals surface area contributed by atoms with Crippen molar-refractivity contribution < 1.29 is 9.53 Å². The first-order chi connectivity index (χ1) is 10.6. The van der Waals surface area contributed by atoms with Gasteiger partial charge in [-0.15, -0.1) is 12.4 Å². The van der Waals surface area contributed by atoms with E-state index >= 15 is 0 Å². The fourth-order valence-corrected chi connectivity index (χ4v) is 3.01. The number of hydrogen-bond acceptors (Lipinski definition) is 3. The SMILES string of the molecule is COCC1(C(=O)NCc2ccc(C(C)C)cc2)CCNCC1.Cl. The van der Waals surface area contributed by atoms with E-state index in [1.165, 1.54) is 5.56 Å². The van der Waals surface area contributed by atoms with E-state index in [1.807, 2.05) is 0 Å². The van der Waals surface area contributed by atoms with Gasteiger partial charge in [0.1, 0.15) is 0 Å². The summed E-state index contributed by atoms with van der Waals surface area (Å²) in [5.74, 6) is 0.645. The van der Waals surface area contributed by atoms with Crippen LogP contribution in [-0.2, 0) is 16.1 Å². The smallest absolute Gasteiger partial charge is 0.228 e. The third-order valence-corrected chi connectivity index (χ3v) is 4.56. The first-order valence-electron chi connectivity index (χ1n) is 8.14. The molecule has 1 fully saturated rings. The van der Waals surface area contributed by atoms with Gasteiger partial charge in [0.15, 0.2) is 0 Å². The molecule has 4 nitrogen and oxygen atoms in total. The lowest BCUT2D eigenvalue weighted by molar-refractivity contribution is -0.136. The van der Waals surface area contributed by atoms with Crippen LogP contribution >= 0.6 is 12.4 Å². The molecule has 1 amide bonds. The lowest BCUT2D eigenvalue weighted by Crippen LogP contribution is -2.49. The number of amides is 1. The van der Waals surface area contributed by atoms with Crippen LogP contribution in [0.1, 0.15) is 43.7 Å². The number of ether oxygens (including phenoxy) is 1. The molecular weight excluding hydrogens is 312 g/mol. The third-order valence-electron chi connectivity index (χ3n) is 4.56. The monoisotopic (exact) mass is 340 g/mol. The minimum Gasteiger partial charge on any atom is -0.384 e. The molecule has 0 spiro atoms. The number of hydrogen-bond donors (Lipinski definition) is 2. The van der Waals surface area contributed by atoms with E-state index < -0.39 is 0 Å². The van der Waals surface area contributed by atoms with Crippen molar-refractivity contribution in [2.75, 3.05) is 26.8 Å². The molecule has 1 saturated heterocycles. The Morgan fingerprint density at radius 3 is 2.39 bits per heavy atom. The minimum atomic E-state index is -0.377. The van der Waals surface area contributed by atoms with Crippen molar-refractivity contribution in [3.05, 3.63) is 35.4 Å². The van der Waals surface area contributed by atoms with Crippen LogP contribution in [0.2, 0.25) is 0 Å². The van der Waals surface area contributed by atoms with Crippen LogP contribution in [0.25, 0.3) is 0 Å². The Labute approximate surface area is 145 Å².